The first kappa shape index (κ1) is 39.1. The number of amides is 1. The van der Waals surface area contributed by atoms with Crippen molar-refractivity contribution in [3.05, 3.63) is 119 Å². The van der Waals surface area contributed by atoms with Crippen molar-refractivity contribution in [2.45, 2.75) is 81.0 Å². The number of nitrogens with one attached hydrogen (secondary N) is 1. The van der Waals surface area contributed by atoms with Gasteiger partial charge in [0, 0.05) is 37.0 Å². The molecule has 0 radical (unpaired) electrons. The summed E-state index contributed by atoms with van der Waals surface area (Å²) in [6.45, 7) is 9.54. The fourth-order valence-corrected chi connectivity index (χ4v) is 10.3. The number of ether oxygens (including phenoxy) is 1. The van der Waals surface area contributed by atoms with Crippen molar-refractivity contribution in [1.82, 2.24) is 20.0 Å². The quantitative estimate of drug-likeness (QED) is 0.232. The number of carbonyl (C=O) groups excluding carboxylic acids is 1. The number of benzene rings is 3. The van der Waals surface area contributed by atoms with Gasteiger partial charge in [0.25, 0.3) is 0 Å². The Hall–Kier alpha value is -3.79. The van der Waals surface area contributed by atoms with Gasteiger partial charge in [-0.25, -0.2) is 4.79 Å². The fraction of sp³-hybridized carbons (Fsp3) is 0.521. The number of nitrogens with zero attached hydrogens (tertiary/aromatic N) is 3. The van der Waals surface area contributed by atoms with Gasteiger partial charge in [-0.1, -0.05) is 103 Å². The Morgan fingerprint density at radius 2 is 1.11 bits per heavy atom. The number of piperidine rings is 4. The molecule has 9 rings (SSSR count). The molecule has 8 heteroatoms. The number of allylic oxidation sites excluding steroid dienone is 2. The number of β-amino-alcohol motifs (C(OH)–C–C–N with tert-alkyl or cyclic N) is 2. The van der Waals surface area contributed by atoms with E-state index in [1.54, 1.807) is 4.90 Å². The Balaban J connectivity index is 0.000000168. The summed E-state index contributed by atoms with van der Waals surface area (Å²) in [5, 5.41) is 24.9. The standard InChI is InChI=1S/C28H34N2O3.C20H28N2O/c31-26(20-29-18-14-28(15-19-29)13-10-23-8-4-5-9-25(23)28)24-11-16-30(17-12-24)27(32)33-21-22-6-2-1-3-7-22;23-19(17-6-11-21-12-7-17)15-22-13-9-20(10-14-22)8-5-16-3-1-2-4-18(16)20/h1-10,13,24,26,31H,11-12,14-21H2;1-5,8,17,19,21,23H,6-7,9-15H2. The zero-order valence-electron chi connectivity index (χ0n) is 33.1. The van der Waals surface area contributed by atoms with Crippen molar-refractivity contribution < 1.29 is 19.7 Å². The van der Waals surface area contributed by atoms with Gasteiger partial charge < -0.3 is 35.0 Å². The second-order valence-corrected chi connectivity index (χ2v) is 17.3. The van der Waals surface area contributed by atoms with Crippen LogP contribution in [0.3, 0.4) is 0 Å². The van der Waals surface area contributed by atoms with Gasteiger partial charge in [0.1, 0.15) is 6.61 Å². The van der Waals surface area contributed by atoms with E-state index in [-0.39, 0.29) is 35.0 Å². The monoisotopic (exact) mass is 758 g/mol. The van der Waals surface area contributed by atoms with Crippen LogP contribution in [-0.2, 0) is 22.2 Å². The smallest absolute Gasteiger partial charge is 0.410 e. The van der Waals surface area contributed by atoms with Crippen LogP contribution in [0.5, 0.6) is 0 Å². The van der Waals surface area contributed by atoms with E-state index < -0.39 is 0 Å². The van der Waals surface area contributed by atoms with Crippen molar-refractivity contribution in [2.75, 3.05) is 65.4 Å². The van der Waals surface area contributed by atoms with Gasteiger partial charge in [-0.3, -0.25) is 0 Å². The van der Waals surface area contributed by atoms with E-state index in [1.807, 2.05) is 30.3 Å². The summed E-state index contributed by atoms with van der Waals surface area (Å²) in [6.07, 6.45) is 17.1. The average Bonchev–Trinajstić information content (AvgIpc) is 3.80. The van der Waals surface area contributed by atoms with E-state index >= 15 is 0 Å². The molecule has 6 aliphatic rings. The third-order valence-corrected chi connectivity index (χ3v) is 14.0. The number of aliphatic hydroxyl groups is 2. The third-order valence-electron chi connectivity index (χ3n) is 14.0. The number of hydrogen-bond donors (Lipinski definition) is 3. The molecule has 298 valence electrons. The van der Waals surface area contributed by atoms with E-state index in [2.05, 4.69) is 88.0 Å². The van der Waals surface area contributed by atoms with Crippen LogP contribution in [0, 0.1) is 11.8 Å². The molecule has 4 fully saturated rings. The Morgan fingerprint density at radius 3 is 1.62 bits per heavy atom. The van der Waals surface area contributed by atoms with Gasteiger partial charge in [0.2, 0.25) is 0 Å². The Labute approximate surface area is 334 Å². The molecule has 2 unspecified atom stereocenters. The summed E-state index contributed by atoms with van der Waals surface area (Å²) in [6, 6.07) is 27.3. The first-order chi connectivity index (χ1) is 27.4. The second-order valence-electron chi connectivity index (χ2n) is 17.3. The van der Waals surface area contributed by atoms with E-state index in [1.165, 1.54) is 35.1 Å². The second kappa shape index (κ2) is 17.8. The van der Waals surface area contributed by atoms with E-state index in [4.69, 9.17) is 4.74 Å². The maximum Gasteiger partial charge on any atom is 0.410 e. The normalized spacial score (nSPS) is 23.0. The number of rotatable bonds is 8. The summed E-state index contributed by atoms with van der Waals surface area (Å²) in [5.74, 6) is 0.727. The lowest BCUT2D eigenvalue weighted by molar-refractivity contribution is 0.0192. The van der Waals surface area contributed by atoms with Gasteiger partial charge in [0.15, 0.2) is 0 Å². The number of fused-ring (bicyclic) bond motifs is 4. The van der Waals surface area contributed by atoms with E-state index in [0.717, 1.165) is 96.4 Å². The number of likely N-dealkylation sites (tertiary alicyclic amines) is 3. The van der Waals surface area contributed by atoms with E-state index in [0.29, 0.717) is 25.6 Å². The Bertz CT molecular complexity index is 1800. The molecule has 4 heterocycles. The number of aliphatic hydroxyl groups excluding tert-OH is 2. The minimum Gasteiger partial charge on any atom is -0.445 e. The van der Waals surface area contributed by atoms with Gasteiger partial charge >= 0.3 is 6.09 Å². The minimum atomic E-state index is -0.340. The molecule has 3 aromatic rings. The van der Waals surface area contributed by atoms with Gasteiger partial charge in [0.05, 0.1) is 12.2 Å². The molecular formula is C48H62N4O4. The molecule has 0 saturated carbocycles. The molecule has 56 heavy (non-hydrogen) atoms. The van der Waals surface area contributed by atoms with E-state index in [9.17, 15) is 15.0 Å². The molecule has 3 aromatic carbocycles. The predicted octanol–water partition coefficient (Wildman–Crippen LogP) is 6.86. The molecule has 0 aromatic heterocycles. The summed E-state index contributed by atoms with van der Waals surface area (Å²) in [4.78, 5) is 19.1. The first-order valence-corrected chi connectivity index (χ1v) is 21.4. The lowest BCUT2D eigenvalue weighted by atomic mass is 9.74. The van der Waals surface area contributed by atoms with Crippen LogP contribution in [-0.4, -0.2) is 109 Å². The highest BCUT2D eigenvalue weighted by Gasteiger charge is 2.40. The molecule has 4 saturated heterocycles. The number of hydrogen-bond acceptors (Lipinski definition) is 7. The van der Waals surface area contributed by atoms with Crippen molar-refractivity contribution in [3.63, 3.8) is 0 Å². The fourth-order valence-electron chi connectivity index (χ4n) is 10.3. The van der Waals surface area contributed by atoms with Crippen molar-refractivity contribution >= 4 is 18.2 Å². The molecule has 8 nitrogen and oxygen atoms in total. The molecule has 3 N–H and O–H groups in total. The van der Waals surface area contributed by atoms with Crippen LogP contribution < -0.4 is 5.32 Å². The molecule has 2 atom stereocenters. The van der Waals surface area contributed by atoms with Crippen LogP contribution >= 0.6 is 0 Å². The molecule has 0 bridgehead atoms. The lowest BCUT2D eigenvalue weighted by Crippen LogP contribution is -2.47. The zero-order chi connectivity index (χ0) is 38.4. The van der Waals surface area contributed by atoms with Gasteiger partial charge in [-0.05, 0) is 130 Å². The van der Waals surface area contributed by atoms with Crippen molar-refractivity contribution in [1.29, 1.82) is 0 Å². The Kier molecular flexibility index (Phi) is 12.4. The minimum absolute atomic E-state index is 0.155. The van der Waals surface area contributed by atoms with Crippen LogP contribution in [0.4, 0.5) is 4.79 Å². The maximum absolute atomic E-state index is 12.4. The maximum atomic E-state index is 12.4. The first-order valence-electron chi connectivity index (χ1n) is 21.4. The van der Waals surface area contributed by atoms with Crippen LogP contribution in [0.1, 0.15) is 79.2 Å². The van der Waals surface area contributed by atoms with Crippen molar-refractivity contribution in [3.8, 4) is 0 Å². The summed E-state index contributed by atoms with van der Waals surface area (Å²) >= 11 is 0. The topological polar surface area (TPSA) is 88.5 Å². The van der Waals surface area contributed by atoms with Gasteiger partial charge in [-0.2, -0.15) is 0 Å². The SMILES string of the molecule is O=C(OCc1ccccc1)N1CCC(C(O)CN2CCC3(C=Cc4ccccc43)CC2)CC1.OC(CN1CCC2(C=Cc3ccccc32)CC1)C1CCNCC1. The molecule has 2 aliphatic carbocycles. The number of carbonyl (C=O) groups is 1. The Morgan fingerprint density at radius 1 is 0.643 bits per heavy atom. The predicted molar refractivity (Wildman–Crippen MR) is 224 cm³/mol. The third kappa shape index (κ3) is 8.85. The largest absolute Gasteiger partial charge is 0.445 e. The van der Waals surface area contributed by atoms with Crippen LogP contribution in [0.2, 0.25) is 0 Å². The van der Waals surface area contributed by atoms with Crippen LogP contribution in [0.15, 0.2) is 91.0 Å². The molecular weight excluding hydrogens is 697 g/mol. The highest BCUT2D eigenvalue weighted by molar-refractivity contribution is 5.68. The molecule has 1 amide bonds. The summed E-state index contributed by atoms with van der Waals surface area (Å²) in [5.41, 5.74) is 7.18. The highest BCUT2D eigenvalue weighted by Crippen LogP contribution is 2.45. The van der Waals surface area contributed by atoms with Crippen LogP contribution in [0.25, 0.3) is 12.2 Å². The highest BCUT2D eigenvalue weighted by atomic mass is 16.6. The lowest BCUT2D eigenvalue weighted by Gasteiger charge is -2.41. The zero-order valence-corrected chi connectivity index (χ0v) is 33.1. The summed E-state index contributed by atoms with van der Waals surface area (Å²) < 4.78 is 5.47. The average molecular weight is 759 g/mol. The molecule has 2 spiro atoms. The van der Waals surface area contributed by atoms with Crippen molar-refractivity contribution in [2.24, 2.45) is 11.8 Å². The molecule has 4 aliphatic heterocycles. The summed E-state index contributed by atoms with van der Waals surface area (Å²) in [7, 11) is 0. The van der Waals surface area contributed by atoms with Gasteiger partial charge in [-0.15, -0.1) is 0 Å².